The summed E-state index contributed by atoms with van der Waals surface area (Å²) in [5.74, 6) is -0.911. The molecule has 0 aromatic rings. The molecule has 0 bridgehead atoms. The minimum Gasteiger partial charge on any atom is -0.462 e. The van der Waals surface area contributed by atoms with Crippen LogP contribution in [-0.4, -0.2) is 142 Å². The number of aliphatic hydroxyl groups excluding tert-OH is 7. The summed E-state index contributed by atoms with van der Waals surface area (Å²) >= 11 is 0. The lowest BCUT2D eigenvalue weighted by atomic mass is 9.98. The van der Waals surface area contributed by atoms with Crippen LogP contribution < -0.4 is 0 Å². The van der Waals surface area contributed by atoms with E-state index in [1.54, 1.807) is 0 Å². The fourth-order valence-corrected chi connectivity index (χ4v) is 9.61. The summed E-state index contributed by atoms with van der Waals surface area (Å²) in [5.41, 5.74) is 0. The molecule has 0 spiro atoms. The van der Waals surface area contributed by atoms with E-state index in [9.17, 15) is 45.3 Å². The van der Waals surface area contributed by atoms with E-state index in [0.29, 0.717) is 12.8 Å². The largest absolute Gasteiger partial charge is 0.462 e. The summed E-state index contributed by atoms with van der Waals surface area (Å²) in [7, 11) is 0. The Morgan fingerprint density at radius 3 is 1.25 bits per heavy atom. The number of esters is 2. The lowest BCUT2D eigenvalue weighted by Gasteiger charge is -2.42. The van der Waals surface area contributed by atoms with Crippen molar-refractivity contribution >= 4 is 11.9 Å². The van der Waals surface area contributed by atoms with E-state index in [1.807, 2.05) is 0 Å². The molecule has 4 unspecified atom stereocenters. The summed E-state index contributed by atoms with van der Waals surface area (Å²) in [6, 6.07) is 0. The van der Waals surface area contributed by atoms with Crippen molar-refractivity contribution in [2.75, 3.05) is 26.4 Å². The molecule has 11 atom stereocenters. The van der Waals surface area contributed by atoms with Crippen LogP contribution in [0.1, 0.15) is 251 Å². The smallest absolute Gasteiger partial charge is 0.306 e. The zero-order valence-electron chi connectivity index (χ0n) is 45.9. The molecule has 2 saturated heterocycles. The van der Waals surface area contributed by atoms with Gasteiger partial charge >= 0.3 is 11.9 Å². The van der Waals surface area contributed by atoms with E-state index >= 15 is 0 Å². The standard InChI is InChI=1S/C58H108O15/c1-3-5-7-9-11-13-15-17-19-20-21-22-23-24-25-27-28-30-32-34-36-38-40-49(60)68-43-46(71-50(61)41-39-37-35-33-31-29-26-18-16-14-12-10-8-6-4-2)44-69-57-56(67)54(65)52(63)48(73-57)45-70-58-55(66)53(64)51(62)47(42-59)72-58/h10,12,46-48,51-59,62-67H,3-9,11,13-45H2,1-2H3/b12-10+/t46-,47+,48+,51-,52-,53?,54?,55?,56?,57+,58+/m0/s1. The van der Waals surface area contributed by atoms with Crippen LogP contribution in [0.3, 0.4) is 0 Å². The van der Waals surface area contributed by atoms with Crippen LogP contribution in [0.4, 0.5) is 0 Å². The highest BCUT2D eigenvalue weighted by atomic mass is 16.7. The number of rotatable bonds is 48. The first-order valence-electron chi connectivity index (χ1n) is 29.8. The summed E-state index contributed by atoms with van der Waals surface area (Å²) in [4.78, 5) is 25.9. The molecule has 15 nitrogen and oxygen atoms in total. The van der Waals surface area contributed by atoms with Crippen LogP contribution in [0.5, 0.6) is 0 Å². The van der Waals surface area contributed by atoms with E-state index in [1.165, 1.54) is 167 Å². The number of hydrogen-bond donors (Lipinski definition) is 7. The normalized spacial score (nSPS) is 24.8. The van der Waals surface area contributed by atoms with Gasteiger partial charge in [0.15, 0.2) is 18.7 Å². The second kappa shape index (κ2) is 45.3. The van der Waals surface area contributed by atoms with E-state index < -0.39 is 92.7 Å². The van der Waals surface area contributed by atoms with E-state index in [2.05, 4.69) is 26.0 Å². The first-order chi connectivity index (χ1) is 35.5. The number of carbonyl (C=O) groups is 2. The third-order valence-electron chi connectivity index (χ3n) is 14.5. The number of carbonyl (C=O) groups excluding carboxylic acids is 2. The van der Waals surface area contributed by atoms with Crippen LogP contribution >= 0.6 is 0 Å². The Hall–Kier alpha value is -1.76. The van der Waals surface area contributed by atoms with Crippen molar-refractivity contribution in [3.8, 4) is 0 Å². The van der Waals surface area contributed by atoms with Crippen LogP contribution in [0, 0.1) is 0 Å². The maximum Gasteiger partial charge on any atom is 0.306 e. The van der Waals surface area contributed by atoms with Crippen molar-refractivity contribution < 1.29 is 73.8 Å². The second-order valence-electron chi connectivity index (χ2n) is 21.2. The summed E-state index contributed by atoms with van der Waals surface area (Å²) < 4.78 is 33.7. The Labute approximate surface area is 441 Å². The predicted octanol–water partition coefficient (Wildman–Crippen LogP) is 10.1. The van der Waals surface area contributed by atoms with Crippen molar-refractivity contribution in [3.05, 3.63) is 12.2 Å². The molecule has 0 aliphatic carbocycles. The minimum atomic E-state index is -1.76. The van der Waals surface area contributed by atoms with Gasteiger partial charge in [0.1, 0.15) is 55.4 Å². The van der Waals surface area contributed by atoms with Crippen LogP contribution in [0.25, 0.3) is 0 Å². The van der Waals surface area contributed by atoms with Gasteiger partial charge in [-0.15, -0.1) is 0 Å². The Bertz CT molecular complexity index is 1320. The molecule has 73 heavy (non-hydrogen) atoms. The SMILES string of the molecule is CCCC/C=C/CCCCCCCCCCCC(=O)O[C@@H](COC(=O)CCCCCCCCCCCCCCCCCCCCCCCC)CO[C@@H]1O[C@H](CO[C@@H]2O[C@H](CO)[C@H](O)C(O)C2O)[C@H](O)C(O)C1O. The first-order valence-corrected chi connectivity index (χ1v) is 29.8. The molecule has 2 aliphatic rings. The van der Waals surface area contributed by atoms with E-state index in [0.717, 1.165) is 44.9 Å². The topological polar surface area (TPSA) is 231 Å². The van der Waals surface area contributed by atoms with Crippen LogP contribution in [0.15, 0.2) is 12.2 Å². The van der Waals surface area contributed by atoms with Crippen molar-refractivity contribution in [3.63, 3.8) is 0 Å². The number of ether oxygens (including phenoxy) is 6. The number of unbranched alkanes of at least 4 members (excludes halogenated alkanes) is 32. The number of allylic oxidation sites excluding steroid dienone is 2. The third-order valence-corrected chi connectivity index (χ3v) is 14.5. The monoisotopic (exact) mass is 1040 g/mol. The van der Waals surface area contributed by atoms with Crippen LogP contribution in [-0.2, 0) is 38.0 Å². The first kappa shape index (κ1) is 67.3. The average Bonchev–Trinajstić information content (AvgIpc) is 3.38. The zero-order chi connectivity index (χ0) is 53.2. The highest BCUT2D eigenvalue weighted by Gasteiger charge is 2.47. The van der Waals surface area contributed by atoms with Gasteiger partial charge in [-0.3, -0.25) is 9.59 Å². The lowest BCUT2D eigenvalue weighted by molar-refractivity contribution is -0.332. The lowest BCUT2D eigenvalue weighted by Crippen LogP contribution is -2.61. The summed E-state index contributed by atoms with van der Waals surface area (Å²) in [6.07, 6.45) is 30.9. The molecule has 0 saturated carbocycles. The molecular weight excluding hydrogens is 937 g/mol. The molecule has 0 aromatic heterocycles. The number of aliphatic hydroxyl groups is 7. The van der Waals surface area contributed by atoms with Crippen molar-refractivity contribution in [2.24, 2.45) is 0 Å². The second-order valence-corrected chi connectivity index (χ2v) is 21.2. The minimum absolute atomic E-state index is 0.167. The van der Waals surface area contributed by atoms with Gasteiger partial charge in [-0.25, -0.2) is 0 Å². The molecule has 0 aromatic carbocycles. The maximum absolute atomic E-state index is 13.0. The molecule has 2 heterocycles. The van der Waals surface area contributed by atoms with Gasteiger partial charge in [0.25, 0.3) is 0 Å². The predicted molar refractivity (Wildman–Crippen MR) is 285 cm³/mol. The fraction of sp³-hybridized carbons (Fsp3) is 0.931. The highest BCUT2D eigenvalue weighted by molar-refractivity contribution is 5.70. The molecule has 0 amide bonds. The maximum atomic E-state index is 13.0. The molecular formula is C58H108O15. The molecule has 0 radical (unpaired) electrons. The van der Waals surface area contributed by atoms with Gasteiger partial charge in [-0.1, -0.05) is 219 Å². The number of hydrogen-bond acceptors (Lipinski definition) is 15. The van der Waals surface area contributed by atoms with Gasteiger partial charge in [0.05, 0.1) is 19.8 Å². The van der Waals surface area contributed by atoms with E-state index in [-0.39, 0.29) is 26.1 Å². The average molecular weight is 1050 g/mol. The van der Waals surface area contributed by atoms with Gasteiger partial charge in [0, 0.05) is 12.8 Å². The molecule has 2 rings (SSSR count). The van der Waals surface area contributed by atoms with Crippen LogP contribution in [0.2, 0.25) is 0 Å². The van der Waals surface area contributed by atoms with Gasteiger partial charge in [0.2, 0.25) is 0 Å². The zero-order valence-corrected chi connectivity index (χ0v) is 45.9. The molecule has 430 valence electrons. The summed E-state index contributed by atoms with van der Waals surface area (Å²) in [6.45, 7) is 2.61. The quantitative estimate of drug-likeness (QED) is 0.0171. The molecule has 7 N–H and O–H groups in total. The van der Waals surface area contributed by atoms with Gasteiger partial charge in [-0.05, 0) is 32.1 Å². The van der Waals surface area contributed by atoms with E-state index in [4.69, 9.17) is 28.4 Å². The van der Waals surface area contributed by atoms with Gasteiger partial charge in [-0.2, -0.15) is 0 Å². The Balaban J connectivity index is 1.72. The Kier molecular flexibility index (Phi) is 41.8. The van der Waals surface area contributed by atoms with Gasteiger partial charge < -0.3 is 64.2 Å². The van der Waals surface area contributed by atoms with Crippen molar-refractivity contribution in [1.29, 1.82) is 0 Å². The Morgan fingerprint density at radius 1 is 0.425 bits per heavy atom. The highest BCUT2D eigenvalue weighted by Crippen LogP contribution is 2.27. The molecule has 15 heteroatoms. The van der Waals surface area contributed by atoms with Crippen molar-refractivity contribution in [1.82, 2.24) is 0 Å². The van der Waals surface area contributed by atoms with Crippen molar-refractivity contribution in [2.45, 2.75) is 319 Å². The molecule has 2 aliphatic heterocycles. The Morgan fingerprint density at radius 2 is 0.795 bits per heavy atom. The summed E-state index contributed by atoms with van der Waals surface area (Å²) in [5, 5.41) is 72.3. The third kappa shape index (κ3) is 32.6. The molecule has 2 fully saturated rings. The fourth-order valence-electron chi connectivity index (χ4n) is 9.61.